The summed E-state index contributed by atoms with van der Waals surface area (Å²) >= 11 is 6.08. The van der Waals surface area contributed by atoms with E-state index in [1.54, 1.807) is 6.07 Å². The van der Waals surface area contributed by atoms with Gasteiger partial charge in [-0.05, 0) is 87.4 Å². The number of halogens is 1. The molecule has 0 aliphatic carbocycles. The van der Waals surface area contributed by atoms with Gasteiger partial charge in [-0.25, -0.2) is 0 Å². The van der Waals surface area contributed by atoms with Crippen molar-refractivity contribution in [2.75, 3.05) is 33.2 Å². The third-order valence-corrected chi connectivity index (χ3v) is 7.03. The summed E-state index contributed by atoms with van der Waals surface area (Å²) in [6.45, 7) is 8.77. The average molecular weight is 471 g/mol. The predicted molar refractivity (Wildman–Crippen MR) is 132 cm³/mol. The van der Waals surface area contributed by atoms with E-state index in [1.165, 1.54) is 12.1 Å². The second kappa shape index (κ2) is 9.75. The molecule has 6 nitrogen and oxygen atoms in total. The highest BCUT2D eigenvalue weighted by atomic mass is 35.5. The molecule has 1 saturated heterocycles. The van der Waals surface area contributed by atoms with Gasteiger partial charge in [0.1, 0.15) is 11.3 Å². The first-order valence-corrected chi connectivity index (χ1v) is 11.9. The molecule has 7 heteroatoms. The molecule has 0 unspecified atom stereocenters. The van der Waals surface area contributed by atoms with E-state index in [1.807, 2.05) is 6.07 Å². The highest BCUT2D eigenvalue weighted by Crippen LogP contribution is 2.39. The lowest BCUT2D eigenvalue weighted by Gasteiger charge is -2.30. The Bertz CT molecular complexity index is 1210. The summed E-state index contributed by atoms with van der Waals surface area (Å²) in [7, 11) is 2.12. The zero-order valence-corrected chi connectivity index (χ0v) is 20.2. The quantitative estimate of drug-likeness (QED) is 0.517. The molecule has 1 aliphatic heterocycles. The van der Waals surface area contributed by atoms with Gasteiger partial charge in [-0.3, -0.25) is 9.69 Å². The van der Waals surface area contributed by atoms with Crippen molar-refractivity contribution in [2.45, 2.75) is 39.2 Å². The van der Waals surface area contributed by atoms with Crippen LogP contribution in [0.25, 0.3) is 22.3 Å². The Balaban J connectivity index is 1.92. The maximum atomic E-state index is 13.3. The lowest BCUT2D eigenvalue weighted by atomic mass is 9.87. The van der Waals surface area contributed by atoms with Gasteiger partial charge in [0.25, 0.3) is 0 Å². The Kier molecular flexibility index (Phi) is 6.98. The van der Waals surface area contributed by atoms with Crippen LogP contribution in [-0.2, 0) is 6.54 Å². The van der Waals surface area contributed by atoms with Gasteiger partial charge in [0.15, 0.2) is 5.76 Å². The lowest BCUT2D eigenvalue weighted by molar-refractivity contribution is 0.255. The van der Waals surface area contributed by atoms with Crippen LogP contribution in [0.1, 0.15) is 43.7 Å². The van der Waals surface area contributed by atoms with Crippen LogP contribution in [-0.4, -0.2) is 53.2 Å². The molecule has 1 aromatic heterocycles. The molecule has 3 aromatic rings. The number of aromatic hydroxyl groups is 2. The van der Waals surface area contributed by atoms with Crippen LogP contribution in [0, 0.1) is 0 Å². The van der Waals surface area contributed by atoms with Crippen molar-refractivity contribution in [3.8, 4) is 22.8 Å². The number of piperidine rings is 1. The number of benzene rings is 2. The fourth-order valence-corrected chi connectivity index (χ4v) is 4.82. The second-order valence-electron chi connectivity index (χ2n) is 8.88. The predicted octanol–water partition coefficient (Wildman–Crippen LogP) is 5.18. The molecule has 1 aliphatic rings. The molecule has 2 aromatic carbocycles. The van der Waals surface area contributed by atoms with E-state index < -0.39 is 11.2 Å². The van der Waals surface area contributed by atoms with Gasteiger partial charge in [-0.2, -0.15) is 0 Å². The number of phenolic OH excluding ortho intramolecular Hbond substituents is 1. The van der Waals surface area contributed by atoms with Crippen LogP contribution >= 0.6 is 11.6 Å². The van der Waals surface area contributed by atoms with Crippen molar-refractivity contribution in [1.82, 2.24) is 9.80 Å². The molecule has 1 fully saturated rings. The maximum absolute atomic E-state index is 13.3. The molecule has 0 spiro atoms. The minimum atomic E-state index is -0.453. The minimum Gasteiger partial charge on any atom is -0.506 e. The first kappa shape index (κ1) is 23.6. The SMILES string of the molecule is CCN(CC)Cc1cc(C2CCN(C)CC2)c2oc(-c3ccc(O)c(Cl)c3)c(O)c(=O)c2c1. The van der Waals surface area contributed by atoms with Crippen LogP contribution in [0.3, 0.4) is 0 Å². The molecular weight excluding hydrogens is 440 g/mol. The Morgan fingerprint density at radius 1 is 1.12 bits per heavy atom. The smallest absolute Gasteiger partial charge is 0.235 e. The van der Waals surface area contributed by atoms with E-state index in [0.29, 0.717) is 16.5 Å². The van der Waals surface area contributed by atoms with Crippen LogP contribution < -0.4 is 5.43 Å². The Morgan fingerprint density at radius 3 is 2.45 bits per heavy atom. The van der Waals surface area contributed by atoms with Crippen LogP contribution in [0.4, 0.5) is 0 Å². The van der Waals surface area contributed by atoms with E-state index in [4.69, 9.17) is 16.0 Å². The van der Waals surface area contributed by atoms with Gasteiger partial charge in [-0.1, -0.05) is 31.5 Å². The van der Waals surface area contributed by atoms with E-state index in [2.05, 4.69) is 36.8 Å². The number of hydrogen-bond donors (Lipinski definition) is 2. The zero-order valence-electron chi connectivity index (χ0n) is 19.4. The summed E-state index contributed by atoms with van der Waals surface area (Å²) in [5, 5.41) is 21.1. The number of fused-ring (bicyclic) bond motifs is 1. The van der Waals surface area contributed by atoms with Crippen molar-refractivity contribution >= 4 is 22.6 Å². The summed E-state index contributed by atoms with van der Waals surface area (Å²) in [5.41, 5.74) is 2.58. The number of hydrogen-bond acceptors (Lipinski definition) is 6. The van der Waals surface area contributed by atoms with E-state index in [0.717, 1.165) is 56.7 Å². The molecule has 4 rings (SSSR count). The molecule has 33 heavy (non-hydrogen) atoms. The van der Waals surface area contributed by atoms with Crippen molar-refractivity contribution in [1.29, 1.82) is 0 Å². The number of likely N-dealkylation sites (tertiary alicyclic amines) is 1. The number of nitrogens with zero attached hydrogens (tertiary/aromatic N) is 2. The molecule has 176 valence electrons. The van der Waals surface area contributed by atoms with E-state index >= 15 is 0 Å². The minimum absolute atomic E-state index is 0.0695. The molecule has 0 saturated carbocycles. The van der Waals surface area contributed by atoms with Crippen molar-refractivity contribution in [3.05, 3.63) is 56.7 Å². The molecule has 0 amide bonds. The van der Waals surface area contributed by atoms with Gasteiger partial charge >= 0.3 is 0 Å². The zero-order chi connectivity index (χ0) is 23.7. The molecule has 2 N–H and O–H groups in total. The second-order valence-corrected chi connectivity index (χ2v) is 9.28. The first-order chi connectivity index (χ1) is 15.8. The largest absolute Gasteiger partial charge is 0.506 e. The summed E-state index contributed by atoms with van der Waals surface area (Å²) in [4.78, 5) is 17.9. The Morgan fingerprint density at radius 2 is 1.82 bits per heavy atom. The molecular formula is C26H31ClN2O4. The van der Waals surface area contributed by atoms with E-state index in [-0.39, 0.29) is 22.5 Å². The summed E-state index contributed by atoms with van der Waals surface area (Å²) < 4.78 is 6.26. The van der Waals surface area contributed by atoms with E-state index in [9.17, 15) is 15.0 Å². The average Bonchev–Trinajstić information content (AvgIpc) is 2.82. The van der Waals surface area contributed by atoms with Crippen LogP contribution in [0.15, 0.2) is 39.5 Å². The molecule has 0 radical (unpaired) electrons. The van der Waals surface area contributed by atoms with Gasteiger partial charge in [-0.15, -0.1) is 0 Å². The van der Waals surface area contributed by atoms with Crippen molar-refractivity contribution < 1.29 is 14.6 Å². The molecule has 0 bridgehead atoms. The third-order valence-electron chi connectivity index (χ3n) is 6.73. The highest BCUT2D eigenvalue weighted by molar-refractivity contribution is 6.32. The monoisotopic (exact) mass is 470 g/mol. The fourth-order valence-electron chi connectivity index (χ4n) is 4.64. The normalized spacial score (nSPS) is 15.5. The Hall–Kier alpha value is -2.54. The topological polar surface area (TPSA) is 77.2 Å². The van der Waals surface area contributed by atoms with Gasteiger partial charge in [0.2, 0.25) is 11.2 Å². The Labute approximate surface area is 199 Å². The summed E-state index contributed by atoms with van der Waals surface area (Å²) in [6, 6.07) is 8.52. The third kappa shape index (κ3) is 4.74. The van der Waals surface area contributed by atoms with Crippen molar-refractivity contribution in [2.24, 2.45) is 0 Å². The molecule has 2 heterocycles. The first-order valence-electron chi connectivity index (χ1n) is 11.5. The molecule has 0 atom stereocenters. The van der Waals surface area contributed by atoms with Gasteiger partial charge < -0.3 is 19.5 Å². The van der Waals surface area contributed by atoms with Gasteiger partial charge in [0.05, 0.1) is 10.4 Å². The number of rotatable bonds is 6. The maximum Gasteiger partial charge on any atom is 0.235 e. The number of phenols is 1. The van der Waals surface area contributed by atoms with Gasteiger partial charge in [0, 0.05) is 12.1 Å². The fraction of sp³-hybridized carbons (Fsp3) is 0.423. The standard InChI is InChI=1S/C26H31ClN2O4/c1-4-29(5-2)15-16-12-19(17-8-10-28(3)11-9-17)26-20(13-16)23(31)24(32)25(33-26)18-6-7-22(30)21(27)14-18/h6-7,12-14,17,30,32H,4-5,8-11,15H2,1-3H3. The summed E-state index contributed by atoms with van der Waals surface area (Å²) in [6.07, 6.45) is 1.95. The van der Waals surface area contributed by atoms with Crippen molar-refractivity contribution in [3.63, 3.8) is 0 Å². The van der Waals surface area contributed by atoms with Crippen LogP contribution in [0.2, 0.25) is 5.02 Å². The lowest BCUT2D eigenvalue weighted by Crippen LogP contribution is -2.29. The summed E-state index contributed by atoms with van der Waals surface area (Å²) in [5.74, 6) is -0.181. The van der Waals surface area contributed by atoms with Crippen LogP contribution in [0.5, 0.6) is 11.5 Å². The highest BCUT2D eigenvalue weighted by Gasteiger charge is 2.25.